The molecule has 1 aliphatic carbocycles. The first-order valence-electron chi connectivity index (χ1n) is 10.4. The molecule has 0 saturated carbocycles. The summed E-state index contributed by atoms with van der Waals surface area (Å²) in [6.07, 6.45) is 2.91. The highest BCUT2D eigenvalue weighted by Gasteiger charge is 2.72. The van der Waals surface area contributed by atoms with Crippen LogP contribution in [0.1, 0.15) is 34.8 Å². The van der Waals surface area contributed by atoms with Gasteiger partial charge in [-0.1, -0.05) is 12.1 Å². The lowest BCUT2D eigenvalue weighted by molar-refractivity contribution is -0.0711. The van der Waals surface area contributed by atoms with Gasteiger partial charge >= 0.3 is 0 Å². The number of aryl methyl sites for hydroxylation is 1. The summed E-state index contributed by atoms with van der Waals surface area (Å²) in [5.41, 5.74) is 6.23. The second-order valence-electron chi connectivity index (χ2n) is 8.80. The summed E-state index contributed by atoms with van der Waals surface area (Å²) < 4.78 is 0. The molecule has 5 rings (SSSR count). The molecule has 1 amide bonds. The number of guanidine groups is 2. The Morgan fingerprint density at radius 1 is 1.37 bits per heavy atom. The van der Waals surface area contributed by atoms with Gasteiger partial charge in [-0.3, -0.25) is 15.6 Å². The van der Waals surface area contributed by atoms with Crippen molar-refractivity contribution in [2.75, 3.05) is 13.1 Å². The first kappa shape index (κ1) is 19.1. The smallest absolute Gasteiger partial charge is 0.251 e. The number of benzene rings is 1. The monoisotopic (exact) mass is 412 g/mol. The minimum Gasteiger partial charge on any atom is -0.383 e. The topological polar surface area (TPSA) is 162 Å². The highest BCUT2D eigenvalue weighted by Crippen LogP contribution is 2.44. The molecule has 1 spiro atoms. The molecule has 3 saturated heterocycles. The number of aliphatic hydroxyl groups is 1. The highest BCUT2D eigenvalue weighted by atomic mass is 16.3. The van der Waals surface area contributed by atoms with E-state index in [1.165, 1.54) is 5.56 Å². The average Bonchev–Trinajstić information content (AvgIpc) is 3.37. The lowest BCUT2D eigenvalue weighted by Gasteiger charge is -2.52. The Hall–Kier alpha value is -2.85. The Labute approximate surface area is 174 Å². The van der Waals surface area contributed by atoms with Crippen molar-refractivity contribution in [3.05, 3.63) is 34.9 Å². The molecule has 160 valence electrons. The maximum absolute atomic E-state index is 13.2. The number of nitrogens with zero attached hydrogens (tertiary/aromatic N) is 1. The molecule has 9 N–H and O–H groups in total. The number of nitrogens with two attached hydrogens (primary N) is 1. The summed E-state index contributed by atoms with van der Waals surface area (Å²) in [5, 5.41) is 40.5. The molecule has 1 aromatic rings. The maximum Gasteiger partial charge on any atom is 0.251 e. The molecule has 0 bridgehead atoms. The Morgan fingerprint density at radius 2 is 2.17 bits per heavy atom. The molecule has 5 atom stereocenters. The van der Waals surface area contributed by atoms with E-state index in [1.54, 1.807) is 11.8 Å². The van der Waals surface area contributed by atoms with Gasteiger partial charge in [-0.25, -0.2) is 0 Å². The third-order valence-electron chi connectivity index (χ3n) is 7.25. The molecule has 0 radical (unpaired) electrons. The van der Waals surface area contributed by atoms with Crippen LogP contribution in [0.3, 0.4) is 0 Å². The summed E-state index contributed by atoms with van der Waals surface area (Å²) in [6.45, 7) is 2.11. The zero-order valence-corrected chi connectivity index (χ0v) is 16.9. The third kappa shape index (κ3) is 2.34. The van der Waals surface area contributed by atoms with Gasteiger partial charge in [-0.05, 0) is 43.4 Å². The van der Waals surface area contributed by atoms with Crippen molar-refractivity contribution >= 4 is 17.8 Å². The second-order valence-corrected chi connectivity index (χ2v) is 8.80. The van der Waals surface area contributed by atoms with Crippen LogP contribution < -0.4 is 27.0 Å². The molecule has 30 heavy (non-hydrogen) atoms. The van der Waals surface area contributed by atoms with Gasteiger partial charge in [0.15, 0.2) is 17.6 Å². The quantitative estimate of drug-likeness (QED) is 0.296. The average molecular weight is 412 g/mol. The van der Waals surface area contributed by atoms with Crippen molar-refractivity contribution in [3.8, 4) is 0 Å². The largest absolute Gasteiger partial charge is 0.383 e. The molecule has 3 fully saturated rings. The number of hydrogen-bond donors (Lipinski definition) is 8. The summed E-state index contributed by atoms with van der Waals surface area (Å²) in [6, 6.07) is 4.36. The predicted octanol–water partition coefficient (Wildman–Crippen LogP) is -1.60. The van der Waals surface area contributed by atoms with Crippen LogP contribution in [0.4, 0.5) is 0 Å². The molecule has 2 unspecified atom stereocenters. The SMILES string of the molecule is C[C@@]1(O)C(NC(=O)c2cccc3c2CCC3)CN2C(=N)N[C@@H](CN)C3NC(=N)N[C@@]321. The van der Waals surface area contributed by atoms with Crippen LogP contribution in [0.15, 0.2) is 18.2 Å². The second kappa shape index (κ2) is 6.32. The molecule has 0 aromatic heterocycles. The molecule has 1 aromatic carbocycles. The highest BCUT2D eigenvalue weighted by molar-refractivity contribution is 5.97. The van der Waals surface area contributed by atoms with Crippen molar-refractivity contribution in [2.24, 2.45) is 5.73 Å². The summed E-state index contributed by atoms with van der Waals surface area (Å²) in [7, 11) is 0. The number of rotatable bonds is 3. The van der Waals surface area contributed by atoms with E-state index in [-0.39, 0.29) is 37.0 Å². The van der Waals surface area contributed by atoms with Gasteiger partial charge in [-0.2, -0.15) is 0 Å². The van der Waals surface area contributed by atoms with E-state index in [4.69, 9.17) is 16.6 Å². The van der Waals surface area contributed by atoms with Crippen LogP contribution in [0.2, 0.25) is 0 Å². The van der Waals surface area contributed by atoms with Gasteiger partial charge in [0, 0.05) is 18.7 Å². The minimum absolute atomic E-state index is 0.0630. The van der Waals surface area contributed by atoms with E-state index in [0.717, 1.165) is 24.8 Å². The fourth-order valence-electron chi connectivity index (χ4n) is 5.73. The summed E-state index contributed by atoms with van der Waals surface area (Å²) in [4.78, 5) is 14.9. The molecule has 10 nitrogen and oxygen atoms in total. The molecular weight excluding hydrogens is 384 g/mol. The molecule has 3 heterocycles. The van der Waals surface area contributed by atoms with E-state index in [9.17, 15) is 9.90 Å². The van der Waals surface area contributed by atoms with E-state index < -0.39 is 23.3 Å². The van der Waals surface area contributed by atoms with Crippen molar-refractivity contribution < 1.29 is 9.90 Å². The van der Waals surface area contributed by atoms with E-state index in [0.29, 0.717) is 5.56 Å². The summed E-state index contributed by atoms with van der Waals surface area (Å²) in [5.74, 6) is -0.0425. The number of hydrogen-bond acceptors (Lipinski definition) is 5. The summed E-state index contributed by atoms with van der Waals surface area (Å²) >= 11 is 0. The first-order valence-corrected chi connectivity index (χ1v) is 10.4. The van der Waals surface area contributed by atoms with Crippen LogP contribution in [0.25, 0.3) is 0 Å². The zero-order chi connectivity index (χ0) is 21.3. The molecule has 4 aliphatic rings. The fourth-order valence-corrected chi connectivity index (χ4v) is 5.73. The van der Waals surface area contributed by atoms with Crippen LogP contribution in [-0.4, -0.2) is 70.3 Å². The van der Waals surface area contributed by atoms with Crippen LogP contribution in [0.5, 0.6) is 0 Å². The van der Waals surface area contributed by atoms with E-state index in [2.05, 4.69) is 27.3 Å². The zero-order valence-electron chi connectivity index (χ0n) is 16.9. The Balaban J connectivity index is 1.49. The Bertz CT molecular complexity index is 947. The Kier molecular flexibility index (Phi) is 4.03. The minimum atomic E-state index is -1.47. The van der Waals surface area contributed by atoms with Gasteiger partial charge in [0.25, 0.3) is 5.91 Å². The van der Waals surface area contributed by atoms with Crippen molar-refractivity contribution in [2.45, 2.75) is 55.6 Å². The van der Waals surface area contributed by atoms with Crippen LogP contribution in [-0.2, 0) is 12.8 Å². The lowest BCUT2D eigenvalue weighted by Crippen LogP contribution is -2.80. The lowest BCUT2D eigenvalue weighted by atomic mass is 9.78. The van der Waals surface area contributed by atoms with Crippen LogP contribution >= 0.6 is 0 Å². The third-order valence-corrected chi connectivity index (χ3v) is 7.25. The number of fused-ring (bicyclic) bond motifs is 1. The Morgan fingerprint density at radius 3 is 2.93 bits per heavy atom. The van der Waals surface area contributed by atoms with E-state index >= 15 is 0 Å². The normalized spacial score (nSPS) is 36.4. The standard InChI is InChI=1S/C20H28N8O2/c1-19(30)14(25-16(29)12-7-3-5-10-4-2-6-11(10)12)9-28-18(23)24-13(8-21)15-20(19,28)27-17(22)26-15/h3,5,7,13-15,30H,2,4,6,8-9,21H2,1H3,(H2,23,24)(H,25,29)(H3,22,26,27)/t13-,14?,15?,19+,20-/m0/s1. The number of carbonyl (C=O) groups is 1. The predicted molar refractivity (Wildman–Crippen MR) is 111 cm³/mol. The first-order chi connectivity index (χ1) is 14.3. The molecule has 10 heteroatoms. The number of amides is 1. The van der Waals surface area contributed by atoms with Crippen molar-refractivity contribution in [3.63, 3.8) is 0 Å². The fraction of sp³-hybridized carbons (Fsp3) is 0.550. The van der Waals surface area contributed by atoms with Crippen molar-refractivity contribution in [1.82, 2.24) is 26.2 Å². The van der Waals surface area contributed by atoms with Gasteiger partial charge in [0.05, 0.1) is 18.1 Å². The molecular formula is C20H28N8O2. The maximum atomic E-state index is 13.2. The number of carbonyl (C=O) groups excluding carboxylic acids is 1. The van der Waals surface area contributed by atoms with Gasteiger partial charge < -0.3 is 37.0 Å². The number of nitrogens with one attached hydrogen (secondary N) is 6. The van der Waals surface area contributed by atoms with E-state index in [1.807, 2.05) is 12.1 Å². The van der Waals surface area contributed by atoms with Gasteiger partial charge in [0.1, 0.15) is 5.60 Å². The van der Waals surface area contributed by atoms with Gasteiger partial charge in [-0.15, -0.1) is 0 Å². The van der Waals surface area contributed by atoms with Gasteiger partial charge in [0.2, 0.25) is 0 Å². The van der Waals surface area contributed by atoms with Crippen LogP contribution in [0, 0.1) is 10.8 Å². The molecule has 3 aliphatic heterocycles. The van der Waals surface area contributed by atoms with Crippen molar-refractivity contribution in [1.29, 1.82) is 10.8 Å².